The molecular weight excluding hydrogens is 309 g/mol. The summed E-state index contributed by atoms with van der Waals surface area (Å²) in [5.41, 5.74) is 2.09. The molecule has 0 aliphatic carbocycles. The molecule has 0 heterocycles. The normalized spacial score (nSPS) is 10.2. The van der Waals surface area contributed by atoms with Crippen LogP contribution in [0, 0.1) is 5.82 Å². The number of hydrogen-bond donors (Lipinski definition) is 1. The number of anilines is 1. The molecule has 0 aromatic heterocycles. The van der Waals surface area contributed by atoms with Crippen molar-refractivity contribution in [3.63, 3.8) is 0 Å². The van der Waals surface area contributed by atoms with Crippen LogP contribution >= 0.6 is 0 Å². The van der Waals surface area contributed by atoms with E-state index in [1.165, 1.54) is 12.1 Å². The number of rotatable bonds is 7. The number of esters is 1. The Morgan fingerprint density at radius 3 is 2.33 bits per heavy atom. The largest absolute Gasteiger partial charge is 0.462 e. The lowest BCUT2D eigenvalue weighted by molar-refractivity contribution is -0.116. The summed E-state index contributed by atoms with van der Waals surface area (Å²) in [5, 5.41) is 2.78. The molecule has 2 aromatic rings. The fourth-order valence-electron chi connectivity index (χ4n) is 2.23. The van der Waals surface area contributed by atoms with Gasteiger partial charge in [0.2, 0.25) is 5.91 Å². The predicted octanol–water partition coefficient (Wildman–Crippen LogP) is 3.96. The molecule has 0 unspecified atom stereocenters. The summed E-state index contributed by atoms with van der Waals surface area (Å²) in [4.78, 5) is 23.5. The van der Waals surface area contributed by atoms with Gasteiger partial charge in [-0.2, -0.15) is 0 Å². The minimum Gasteiger partial charge on any atom is -0.462 e. The highest BCUT2D eigenvalue weighted by atomic mass is 19.1. The number of benzene rings is 2. The molecule has 0 atom stereocenters. The minimum atomic E-state index is -0.380. The Morgan fingerprint density at radius 1 is 1.04 bits per heavy atom. The van der Waals surface area contributed by atoms with Crippen LogP contribution in [-0.2, 0) is 16.0 Å². The molecule has 0 radical (unpaired) electrons. The van der Waals surface area contributed by atoms with Crippen LogP contribution < -0.4 is 5.32 Å². The van der Waals surface area contributed by atoms with E-state index in [0.29, 0.717) is 30.7 Å². The summed E-state index contributed by atoms with van der Waals surface area (Å²) in [6.45, 7) is 2.07. The average molecular weight is 329 g/mol. The first-order valence-corrected chi connectivity index (χ1v) is 7.90. The second-order valence-corrected chi connectivity index (χ2v) is 5.33. The Labute approximate surface area is 140 Å². The van der Waals surface area contributed by atoms with Crippen LogP contribution in [0.1, 0.15) is 35.7 Å². The number of hydrogen-bond acceptors (Lipinski definition) is 3. The molecule has 4 nitrogen and oxygen atoms in total. The Balaban J connectivity index is 1.77. The van der Waals surface area contributed by atoms with E-state index in [9.17, 15) is 14.0 Å². The fraction of sp³-hybridized carbons (Fsp3) is 0.263. The maximum Gasteiger partial charge on any atom is 0.338 e. The van der Waals surface area contributed by atoms with E-state index in [-0.39, 0.29) is 17.7 Å². The summed E-state index contributed by atoms with van der Waals surface area (Å²) in [6, 6.07) is 12.9. The molecule has 126 valence electrons. The van der Waals surface area contributed by atoms with E-state index in [2.05, 4.69) is 5.32 Å². The third kappa shape index (κ3) is 5.50. The van der Waals surface area contributed by atoms with Crippen LogP contribution in [-0.4, -0.2) is 18.5 Å². The Kier molecular flexibility index (Phi) is 6.49. The summed E-state index contributed by atoms with van der Waals surface area (Å²) in [5.74, 6) is -0.738. The average Bonchev–Trinajstić information content (AvgIpc) is 2.57. The number of halogens is 1. The topological polar surface area (TPSA) is 55.4 Å². The Hall–Kier alpha value is -2.69. The molecule has 0 bridgehead atoms. The first-order valence-electron chi connectivity index (χ1n) is 7.90. The lowest BCUT2D eigenvalue weighted by Crippen LogP contribution is -2.12. The van der Waals surface area contributed by atoms with E-state index >= 15 is 0 Å². The molecular formula is C19H20FNO3. The van der Waals surface area contributed by atoms with Crippen LogP contribution in [0.15, 0.2) is 48.5 Å². The molecule has 0 fully saturated rings. The van der Waals surface area contributed by atoms with Gasteiger partial charge < -0.3 is 10.1 Å². The van der Waals surface area contributed by atoms with Gasteiger partial charge in [-0.3, -0.25) is 4.79 Å². The number of ether oxygens (including phenoxy) is 1. The van der Waals surface area contributed by atoms with Gasteiger partial charge in [-0.25, -0.2) is 9.18 Å². The SMILES string of the molecule is CCOC(=O)c1ccc(NC(=O)CCCc2ccc(F)cc2)cc1. The van der Waals surface area contributed by atoms with E-state index in [4.69, 9.17) is 4.74 Å². The summed E-state index contributed by atoms with van der Waals surface area (Å²) in [6.07, 6.45) is 1.77. The molecule has 2 rings (SSSR count). The minimum absolute atomic E-state index is 0.0963. The standard InChI is InChI=1S/C19H20FNO3/c1-2-24-19(23)15-8-12-17(13-9-15)21-18(22)5-3-4-14-6-10-16(20)11-7-14/h6-13H,2-5H2,1H3,(H,21,22). The van der Waals surface area contributed by atoms with Gasteiger partial charge in [-0.15, -0.1) is 0 Å². The number of amides is 1. The van der Waals surface area contributed by atoms with Crippen molar-refractivity contribution in [1.82, 2.24) is 0 Å². The van der Waals surface area contributed by atoms with Crippen LogP contribution in [0.25, 0.3) is 0 Å². The van der Waals surface area contributed by atoms with Crippen molar-refractivity contribution >= 4 is 17.6 Å². The monoisotopic (exact) mass is 329 g/mol. The van der Waals surface area contributed by atoms with Gasteiger partial charge in [0.05, 0.1) is 12.2 Å². The Bertz CT molecular complexity index is 681. The molecule has 1 N–H and O–H groups in total. The van der Waals surface area contributed by atoms with Crippen molar-refractivity contribution in [2.45, 2.75) is 26.2 Å². The number of carbonyl (C=O) groups is 2. The van der Waals surface area contributed by atoms with Crippen molar-refractivity contribution in [1.29, 1.82) is 0 Å². The van der Waals surface area contributed by atoms with Gasteiger partial charge in [-0.1, -0.05) is 12.1 Å². The van der Waals surface area contributed by atoms with Gasteiger partial charge in [0.25, 0.3) is 0 Å². The van der Waals surface area contributed by atoms with Gasteiger partial charge in [0.15, 0.2) is 0 Å². The smallest absolute Gasteiger partial charge is 0.338 e. The molecule has 1 amide bonds. The summed E-state index contributed by atoms with van der Waals surface area (Å²) >= 11 is 0. The Morgan fingerprint density at radius 2 is 1.71 bits per heavy atom. The first-order chi connectivity index (χ1) is 11.6. The van der Waals surface area contributed by atoms with Crippen molar-refractivity contribution in [3.05, 3.63) is 65.5 Å². The molecule has 0 saturated carbocycles. The zero-order valence-corrected chi connectivity index (χ0v) is 13.5. The lowest BCUT2D eigenvalue weighted by Gasteiger charge is -2.07. The van der Waals surface area contributed by atoms with Crippen LogP contribution in [0.4, 0.5) is 10.1 Å². The third-order valence-electron chi connectivity index (χ3n) is 3.46. The highest BCUT2D eigenvalue weighted by molar-refractivity contribution is 5.93. The van der Waals surface area contributed by atoms with Crippen LogP contribution in [0.2, 0.25) is 0 Å². The molecule has 2 aromatic carbocycles. The third-order valence-corrected chi connectivity index (χ3v) is 3.46. The molecule has 0 saturated heterocycles. The lowest BCUT2D eigenvalue weighted by atomic mass is 10.1. The summed E-state index contributed by atoms with van der Waals surface area (Å²) in [7, 11) is 0. The zero-order valence-electron chi connectivity index (χ0n) is 13.5. The maximum absolute atomic E-state index is 12.8. The number of carbonyl (C=O) groups excluding carboxylic acids is 2. The van der Waals surface area contributed by atoms with E-state index in [1.807, 2.05) is 0 Å². The van der Waals surface area contributed by atoms with E-state index in [0.717, 1.165) is 12.0 Å². The molecule has 0 spiro atoms. The second kappa shape index (κ2) is 8.82. The number of nitrogens with one attached hydrogen (secondary N) is 1. The van der Waals surface area contributed by atoms with Crippen LogP contribution in [0.5, 0.6) is 0 Å². The van der Waals surface area contributed by atoms with Crippen molar-refractivity contribution in [2.75, 3.05) is 11.9 Å². The van der Waals surface area contributed by atoms with Crippen molar-refractivity contribution in [3.8, 4) is 0 Å². The van der Waals surface area contributed by atoms with Crippen LogP contribution in [0.3, 0.4) is 0 Å². The molecule has 0 aliphatic heterocycles. The number of aryl methyl sites for hydroxylation is 1. The molecule has 5 heteroatoms. The molecule has 0 aliphatic rings. The van der Waals surface area contributed by atoms with Gasteiger partial charge in [0, 0.05) is 12.1 Å². The fourth-order valence-corrected chi connectivity index (χ4v) is 2.23. The van der Waals surface area contributed by atoms with Crippen molar-refractivity contribution < 1.29 is 18.7 Å². The second-order valence-electron chi connectivity index (χ2n) is 5.33. The summed E-state index contributed by atoms with van der Waals surface area (Å²) < 4.78 is 17.7. The quantitative estimate of drug-likeness (QED) is 0.782. The highest BCUT2D eigenvalue weighted by Gasteiger charge is 2.07. The van der Waals surface area contributed by atoms with E-state index < -0.39 is 0 Å². The van der Waals surface area contributed by atoms with Crippen molar-refractivity contribution in [2.24, 2.45) is 0 Å². The zero-order chi connectivity index (χ0) is 17.4. The van der Waals surface area contributed by atoms with Gasteiger partial charge >= 0.3 is 5.97 Å². The first kappa shape index (κ1) is 17.7. The predicted molar refractivity (Wildman–Crippen MR) is 90.4 cm³/mol. The molecule has 24 heavy (non-hydrogen) atoms. The van der Waals surface area contributed by atoms with E-state index in [1.54, 1.807) is 43.3 Å². The maximum atomic E-state index is 12.8. The highest BCUT2D eigenvalue weighted by Crippen LogP contribution is 2.12. The van der Waals surface area contributed by atoms with Gasteiger partial charge in [-0.05, 0) is 61.7 Å². The van der Waals surface area contributed by atoms with Gasteiger partial charge in [0.1, 0.15) is 5.82 Å².